The molecule has 7 heteroatoms. The summed E-state index contributed by atoms with van der Waals surface area (Å²) in [6.45, 7) is 2.30. The number of carbonyl (C=O) groups excluding carboxylic acids is 1. The van der Waals surface area contributed by atoms with Gasteiger partial charge in [-0.1, -0.05) is 12.1 Å². The highest BCUT2D eigenvalue weighted by atomic mass is 19.1. The average Bonchev–Trinajstić information content (AvgIpc) is 3.24. The van der Waals surface area contributed by atoms with Gasteiger partial charge in [-0.3, -0.25) is 14.9 Å². The SMILES string of the molecule is O=C(NCC1CCN(c2cc(-c3cccnc3)[nH]n2)CC1)c1ccccc1F. The maximum atomic E-state index is 13.7. The van der Waals surface area contributed by atoms with Gasteiger partial charge in [0.25, 0.3) is 5.91 Å². The molecule has 3 aromatic rings. The summed E-state index contributed by atoms with van der Waals surface area (Å²) in [5, 5.41) is 10.4. The molecule has 6 nitrogen and oxygen atoms in total. The van der Waals surface area contributed by atoms with Crippen LogP contribution in [0.2, 0.25) is 0 Å². The van der Waals surface area contributed by atoms with Crippen molar-refractivity contribution in [1.82, 2.24) is 20.5 Å². The number of piperidine rings is 1. The van der Waals surface area contributed by atoms with Crippen LogP contribution in [-0.4, -0.2) is 40.7 Å². The summed E-state index contributed by atoms with van der Waals surface area (Å²) in [5.74, 6) is 0.461. The van der Waals surface area contributed by atoms with Gasteiger partial charge in [0.15, 0.2) is 5.82 Å². The van der Waals surface area contributed by atoms with Gasteiger partial charge in [-0.2, -0.15) is 5.10 Å². The summed E-state index contributed by atoms with van der Waals surface area (Å²) >= 11 is 0. The fourth-order valence-corrected chi connectivity index (χ4v) is 3.49. The lowest BCUT2D eigenvalue weighted by Gasteiger charge is -2.32. The zero-order valence-corrected chi connectivity index (χ0v) is 15.4. The zero-order chi connectivity index (χ0) is 19.3. The lowest BCUT2D eigenvalue weighted by Crippen LogP contribution is -2.39. The summed E-state index contributed by atoms with van der Waals surface area (Å²) in [4.78, 5) is 18.5. The van der Waals surface area contributed by atoms with Crippen LogP contribution in [0.1, 0.15) is 23.2 Å². The molecule has 3 heterocycles. The van der Waals surface area contributed by atoms with Crippen LogP contribution in [-0.2, 0) is 0 Å². The van der Waals surface area contributed by atoms with Crippen LogP contribution in [0.15, 0.2) is 54.9 Å². The normalized spacial score (nSPS) is 14.8. The lowest BCUT2D eigenvalue weighted by molar-refractivity contribution is 0.0941. The van der Waals surface area contributed by atoms with E-state index in [1.165, 1.54) is 12.1 Å². The number of hydrogen-bond acceptors (Lipinski definition) is 4. The molecule has 0 bridgehead atoms. The fraction of sp³-hybridized carbons (Fsp3) is 0.286. The van der Waals surface area contributed by atoms with E-state index in [2.05, 4.69) is 25.4 Å². The number of rotatable bonds is 5. The van der Waals surface area contributed by atoms with E-state index in [4.69, 9.17) is 0 Å². The maximum Gasteiger partial charge on any atom is 0.254 e. The van der Waals surface area contributed by atoms with Gasteiger partial charge in [-0.05, 0) is 43.0 Å². The van der Waals surface area contributed by atoms with E-state index in [0.717, 1.165) is 43.0 Å². The standard InChI is InChI=1S/C21H22FN5O/c22-18-6-2-1-5-17(18)21(28)24-13-15-7-10-27(11-8-15)20-12-19(25-26-20)16-4-3-9-23-14-16/h1-6,9,12,14-15H,7-8,10-11,13H2,(H,24,28)(H,25,26). The van der Waals surface area contributed by atoms with Crippen molar-refractivity contribution in [2.24, 2.45) is 5.92 Å². The second kappa shape index (κ2) is 8.21. The van der Waals surface area contributed by atoms with Gasteiger partial charge in [-0.15, -0.1) is 0 Å². The van der Waals surface area contributed by atoms with E-state index >= 15 is 0 Å². The molecule has 0 unspecified atom stereocenters. The number of benzene rings is 1. The van der Waals surface area contributed by atoms with Crippen molar-refractivity contribution in [3.8, 4) is 11.3 Å². The molecule has 1 saturated heterocycles. The number of pyridine rings is 1. The number of aromatic amines is 1. The molecule has 0 radical (unpaired) electrons. The molecule has 1 fully saturated rings. The van der Waals surface area contributed by atoms with Crippen molar-refractivity contribution < 1.29 is 9.18 Å². The van der Waals surface area contributed by atoms with E-state index in [-0.39, 0.29) is 11.5 Å². The Morgan fingerprint density at radius 3 is 2.79 bits per heavy atom. The first-order valence-corrected chi connectivity index (χ1v) is 9.44. The number of halogens is 1. The van der Waals surface area contributed by atoms with Crippen LogP contribution >= 0.6 is 0 Å². The number of H-pyrrole nitrogens is 1. The molecule has 144 valence electrons. The Morgan fingerprint density at radius 1 is 1.21 bits per heavy atom. The third-order valence-corrected chi connectivity index (χ3v) is 5.15. The molecule has 1 aliphatic rings. The van der Waals surface area contributed by atoms with Crippen molar-refractivity contribution in [2.45, 2.75) is 12.8 Å². The third-order valence-electron chi connectivity index (χ3n) is 5.15. The highest BCUT2D eigenvalue weighted by Crippen LogP contribution is 2.25. The van der Waals surface area contributed by atoms with Gasteiger partial charge in [-0.25, -0.2) is 4.39 Å². The number of carbonyl (C=O) groups is 1. The Kier molecular flexibility index (Phi) is 5.32. The van der Waals surface area contributed by atoms with Crippen molar-refractivity contribution >= 4 is 11.7 Å². The van der Waals surface area contributed by atoms with Crippen molar-refractivity contribution in [3.05, 3.63) is 66.2 Å². The van der Waals surface area contributed by atoms with Crippen LogP contribution in [0, 0.1) is 11.7 Å². The highest BCUT2D eigenvalue weighted by Gasteiger charge is 2.22. The summed E-state index contributed by atoms with van der Waals surface area (Å²) in [6, 6.07) is 12.0. The molecule has 0 aliphatic carbocycles. The summed E-state index contributed by atoms with van der Waals surface area (Å²) in [6.07, 6.45) is 5.46. The smallest absolute Gasteiger partial charge is 0.254 e. The second-order valence-electron chi connectivity index (χ2n) is 7.00. The van der Waals surface area contributed by atoms with Crippen molar-refractivity contribution in [2.75, 3.05) is 24.5 Å². The first kappa shape index (κ1) is 18.2. The molecule has 0 saturated carbocycles. The predicted molar refractivity (Wildman–Crippen MR) is 105 cm³/mol. The maximum absolute atomic E-state index is 13.7. The molecule has 2 aromatic heterocycles. The zero-order valence-electron chi connectivity index (χ0n) is 15.4. The van der Waals surface area contributed by atoms with E-state index in [0.29, 0.717) is 12.5 Å². The highest BCUT2D eigenvalue weighted by molar-refractivity contribution is 5.94. The lowest BCUT2D eigenvalue weighted by atomic mass is 9.96. The Hall–Kier alpha value is -3.22. The minimum absolute atomic E-state index is 0.0967. The fourth-order valence-electron chi connectivity index (χ4n) is 3.49. The molecular weight excluding hydrogens is 357 g/mol. The number of hydrogen-bond donors (Lipinski definition) is 2. The topological polar surface area (TPSA) is 73.9 Å². The van der Waals surface area contributed by atoms with Crippen LogP contribution in [0.4, 0.5) is 10.2 Å². The number of nitrogens with zero attached hydrogens (tertiary/aromatic N) is 3. The van der Waals surface area contributed by atoms with Gasteiger partial charge in [0.2, 0.25) is 0 Å². The molecule has 0 spiro atoms. The monoisotopic (exact) mass is 379 g/mol. The average molecular weight is 379 g/mol. The van der Waals surface area contributed by atoms with Gasteiger partial charge >= 0.3 is 0 Å². The van der Waals surface area contributed by atoms with Gasteiger partial charge in [0, 0.05) is 43.7 Å². The number of aromatic nitrogens is 3. The number of amides is 1. The van der Waals surface area contributed by atoms with Crippen LogP contribution in [0.3, 0.4) is 0 Å². The Labute approximate surface area is 162 Å². The summed E-state index contributed by atoms with van der Waals surface area (Å²) in [7, 11) is 0. The summed E-state index contributed by atoms with van der Waals surface area (Å²) < 4.78 is 13.7. The predicted octanol–water partition coefficient (Wildman–Crippen LogP) is 3.26. The molecule has 28 heavy (non-hydrogen) atoms. The first-order chi connectivity index (χ1) is 13.7. The van der Waals surface area contributed by atoms with Crippen molar-refractivity contribution in [3.63, 3.8) is 0 Å². The minimum Gasteiger partial charge on any atom is -0.355 e. The van der Waals surface area contributed by atoms with Gasteiger partial charge in [0.1, 0.15) is 5.82 Å². The first-order valence-electron chi connectivity index (χ1n) is 9.44. The largest absolute Gasteiger partial charge is 0.355 e. The molecule has 1 amide bonds. The Balaban J connectivity index is 1.29. The number of anilines is 1. The molecule has 1 aliphatic heterocycles. The van der Waals surface area contributed by atoms with E-state index in [9.17, 15) is 9.18 Å². The molecular formula is C21H22FN5O. The van der Waals surface area contributed by atoms with E-state index in [1.807, 2.05) is 24.4 Å². The van der Waals surface area contributed by atoms with Crippen LogP contribution < -0.4 is 10.2 Å². The Bertz CT molecular complexity index is 935. The van der Waals surface area contributed by atoms with E-state index < -0.39 is 5.82 Å². The Morgan fingerprint density at radius 2 is 2.04 bits per heavy atom. The van der Waals surface area contributed by atoms with Crippen LogP contribution in [0.5, 0.6) is 0 Å². The molecule has 0 atom stereocenters. The number of nitrogens with one attached hydrogen (secondary N) is 2. The third kappa shape index (κ3) is 4.03. The van der Waals surface area contributed by atoms with Crippen LogP contribution in [0.25, 0.3) is 11.3 Å². The quantitative estimate of drug-likeness (QED) is 0.714. The second-order valence-corrected chi connectivity index (χ2v) is 7.00. The molecule has 2 N–H and O–H groups in total. The van der Waals surface area contributed by atoms with Crippen molar-refractivity contribution in [1.29, 1.82) is 0 Å². The summed E-state index contributed by atoms with van der Waals surface area (Å²) in [5.41, 5.74) is 2.05. The van der Waals surface area contributed by atoms with Gasteiger partial charge < -0.3 is 10.2 Å². The minimum atomic E-state index is -0.488. The molecule has 1 aromatic carbocycles. The van der Waals surface area contributed by atoms with E-state index in [1.54, 1.807) is 18.3 Å². The van der Waals surface area contributed by atoms with Gasteiger partial charge in [0.05, 0.1) is 11.3 Å². The molecule has 4 rings (SSSR count).